The van der Waals surface area contributed by atoms with Crippen molar-refractivity contribution >= 4 is 11.9 Å². The molecule has 0 heterocycles. The highest BCUT2D eigenvalue weighted by Crippen LogP contribution is 2.29. The van der Waals surface area contributed by atoms with Crippen molar-refractivity contribution in [3.8, 4) is 0 Å². The van der Waals surface area contributed by atoms with E-state index in [9.17, 15) is 35.9 Å². The lowest BCUT2D eigenvalue weighted by Gasteiger charge is -2.16. The quantitative estimate of drug-likeness (QED) is 0.767. The second-order valence-corrected chi connectivity index (χ2v) is 5.51. The molecule has 0 unspecified atom stereocenters. The number of hydrogen-bond acceptors (Lipinski definition) is 2. The average Bonchev–Trinajstić information content (AvgIpc) is 2.52. The van der Waals surface area contributed by atoms with Crippen LogP contribution < -0.4 is 5.32 Å². The number of nitrogens with one attached hydrogen (secondary N) is 1. The highest BCUT2D eigenvalue weighted by Gasteiger charge is 2.30. The Morgan fingerprint density at radius 1 is 1.00 bits per heavy atom. The van der Waals surface area contributed by atoms with E-state index in [4.69, 9.17) is 5.11 Å². The minimum absolute atomic E-state index is 0.135. The van der Waals surface area contributed by atoms with Crippen molar-refractivity contribution in [3.63, 3.8) is 0 Å². The summed E-state index contributed by atoms with van der Waals surface area (Å²) in [6, 6.07) is 2.32. The molecule has 0 radical (unpaired) electrons. The fourth-order valence-corrected chi connectivity index (χ4v) is 2.26. The maximum Gasteiger partial charge on any atom is 0.416 e. The average molecular weight is 391 g/mol. The molecule has 0 aromatic heterocycles. The zero-order valence-corrected chi connectivity index (χ0v) is 13.3. The van der Waals surface area contributed by atoms with E-state index in [2.05, 4.69) is 0 Å². The number of hydrogen-bond donors (Lipinski definition) is 2. The Bertz CT molecular complexity index is 841. The monoisotopic (exact) mass is 391 g/mol. The first kappa shape index (κ1) is 20.3. The topological polar surface area (TPSA) is 66.4 Å². The van der Waals surface area contributed by atoms with E-state index >= 15 is 0 Å². The first-order valence-electron chi connectivity index (χ1n) is 7.33. The Morgan fingerprint density at radius 2 is 1.52 bits per heavy atom. The molecule has 0 aliphatic rings. The van der Waals surface area contributed by atoms with Crippen LogP contribution in [-0.2, 0) is 17.4 Å². The third-order valence-electron chi connectivity index (χ3n) is 3.56. The summed E-state index contributed by atoms with van der Waals surface area (Å²) >= 11 is 0. The Labute approximate surface area is 148 Å². The Morgan fingerprint density at radius 3 is 1.96 bits per heavy atom. The molecule has 2 N–H and O–H groups in total. The molecule has 2 aromatic carbocycles. The van der Waals surface area contributed by atoms with Gasteiger partial charge in [0.1, 0.15) is 29.1 Å². The van der Waals surface area contributed by atoms with Crippen molar-refractivity contribution in [2.75, 3.05) is 0 Å². The summed E-state index contributed by atoms with van der Waals surface area (Å²) < 4.78 is 77.7. The van der Waals surface area contributed by atoms with Crippen molar-refractivity contribution < 1.29 is 41.0 Å². The maximum atomic E-state index is 13.6. The zero-order valence-electron chi connectivity index (χ0n) is 13.3. The lowest BCUT2D eigenvalue weighted by molar-refractivity contribution is -0.139. The fourth-order valence-electron chi connectivity index (χ4n) is 2.26. The predicted octanol–water partition coefficient (Wildman–Crippen LogP) is 3.55. The van der Waals surface area contributed by atoms with E-state index in [1.54, 1.807) is 0 Å². The van der Waals surface area contributed by atoms with E-state index < -0.39 is 59.1 Å². The van der Waals surface area contributed by atoms with Crippen molar-refractivity contribution in [1.29, 1.82) is 0 Å². The molecule has 10 heteroatoms. The Hall–Kier alpha value is -3.04. The maximum absolute atomic E-state index is 13.6. The van der Waals surface area contributed by atoms with Gasteiger partial charge in [-0.1, -0.05) is 12.1 Å². The highest BCUT2D eigenvalue weighted by atomic mass is 19.4. The van der Waals surface area contributed by atoms with Crippen molar-refractivity contribution in [2.45, 2.75) is 18.6 Å². The van der Waals surface area contributed by atoms with Gasteiger partial charge in [0.25, 0.3) is 5.91 Å². The third-order valence-corrected chi connectivity index (χ3v) is 3.56. The third kappa shape index (κ3) is 4.99. The van der Waals surface area contributed by atoms with Crippen LogP contribution in [0.4, 0.5) is 26.3 Å². The lowest BCUT2D eigenvalue weighted by Crippen LogP contribution is -2.43. The van der Waals surface area contributed by atoms with E-state index in [-0.39, 0.29) is 17.7 Å². The first-order chi connectivity index (χ1) is 12.5. The first-order valence-corrected chi connectivity index (χ1v) is 7.33. The molecule has 1 atom stereocenters. The van der Waals surface area contributed by atoms with E-state index in [0.717, 1.165) is 24.3 Å². The van der Waals surface area contributed by atoms with E-state index in [1.165, 1.54) is 0 Å². The summed E-state index contributed by atoms with van der Waals surface area (Å²) in [6.45, 7) is 0. The van der Waals surface area contributed by atoms with Crippen molar-refractivity contribution in [3.05, 3.63) is 70.5 Å². The van der Waals surface area contributed by atoms with Crippen molar-refractivity contribution in [1.82, 2.24) is 5.32 Å². The summed E-state index contributed by atoms with van der Waals surface area (Å²) in [5, 5.41) is 11.0. The van der Waals surface area contributed by atoms with Crippen LogP contribution in [0.1, 0.15) is 21.5 Å². The molecular formula is C17H11F6NO3. The number of carbonyl (C=O) groups is 2. The van der Waals surface area contributed by atoms with E-state index in [1.807, 2.05) is 5.32 Å². The van der Waals surface area contributed by atoms with Crippen LogP contribution in [0.15, 0.2) is 36.4 Å². The molecule has 0 bridgehead atoms. The summed E-state index contributed by atoms with van der Waals surface area (Å²) in [6.07, 6.45) is -5.01. The van der Waals surface area contributed by atoms with Gasteiger partial charge in [-0.3, -0.25) is 4.79 Å². The van der Waals surface area contributed by atoms with Crippen LogP contribution >= 0.6 is 0 Å². The molecule has 0 spiro atoms. The highest BCUT2D eigenvalue weighted by molar-refractivity contribution is 5.97. The second kappa shape index (κ2) is 7.68. The largest absolute Gasteiger partial charge is 0.480 e. The minimum atomic E-state index is -4.57. The molecule has 0 aliphatic carbocycles. The second-order valence-electron chi connectivity index (χ2n) is 5.51. The number of alkyl halides is 3. The molecule has 0 fully saturated rings. The molecule has 0 saturated carbocycles. The number of amides is 1. The summed E-state index contributed by atoms with van der Waals surface area (Å²) in [4.78, 5) is 23.2. The number of rotatable bonds is 5. The van der Waals surface area contributed by atoms with Gasteiger partial charge >= 0.3 is 12.1 Å². The van der Waals surface area contributed by atoms with Crippen LogP contribution in [0.25, 0.3) is 0 Å². The molecule has 2 rings (SSSR count). The fraction of sp³-hybridized carbons (Fsp3) is 0.176. The number of carbonyl (C=O) groups excluding carboxylic acids is 1. The van der Waals surface area contributed by atoms with Crippen LogP contribution in [0.3, 0.4) is 0 Å². The van der Waals surface area contributed by atoms with Crippen LogP contribution in [0.2, 0.25) is 0 Å². The van der Waals surface area contributed by atoms with Gasteiger partial charge in [-0.15, -0.1) is 0 Å². The van der Waals surface area contributed by atoms with Crippen LogP contribution in [-0.4, -0.2) is 23.0 Å². The van der Waals surface area contributed by atoms with Gasteiger partial charge in [0.15, 0.2) is 0 Å². The number of aliphatic carboxylic acids is 1. The van der Waals surface area contributed by atoms with Gasteiger partial charge < -0.3 is 10.4 Å². The smallest absolute Gasteiger partial charge is 0.416 e. The number of carboxylic acid groups (broad SMARTS) is 1. The standard InChI is InChI=1S/C17H11F6NO3/c18-10-6-11(19)14(12(20)7-10)15(25)24-13(16(26)27)5-8-1-3-9(4-2-8)17(21,22)23/h1-4,6-7,13H,5H2,(H,24,25)(H,26,27)/t13-/m0/s1. The molecule has 144 valence electrons. The summed E-state index contributed by atoms with van der Waals surface area (Å²) in [5.41, 5.74) is -1.98. The van der Waals surface area contributed by atoms with Crippen LogP contribution in [0, 0.1) is 17.5 Å². The van der Waals surface area contributed by atoms with Gasteiger partial charge in [0.2, 0.25) is 0 Å². The predicted molar refractivity (Wildman–Crippen MR) is 80.4 cm³/mol. The molecule has 2 aromatic rings. The molecule has 0 saturated heterocycles. The molecule has 4 nitrogen and oxygen atoms in total. The van der Waals surface area contributed by atoms with Gasteiger partial charge in [0.05, 0.1) is 5.56 Å². The van der Waals surface area contributed by atoms with Gasteiger partial charge in [-0.2, -0.15) is 13.2 Å². The number of benzene rings is 2. The number of carboxylic acids is 1. The molecule has 1 amide bonds. The minimum Gasteiger partial charge on any atom is -0.480 e. The van der Waals surface area contributed by atoms with Gasteiger partial charge in [0, 0.05) is 18.6 Å². The van der Waals surface area contributed by atoms with Crippen molar-refractivity contribution in [2.24, 2.45) is 0 Å². The normalized spacial score (nSPS) is 12.5. The Balaban J connectivity index is 2.19. The van der Waals surface area contributed by atoms with Gasteiger partial charge in [-0.05, 0) is 17.7 Å². The van der Waals surface area contributed by atoms with Crippen LogP contribution in [0.5, 0.6) is 0 Å². The van der Waals surface area contributed by atoms with E-state index in [0.29, 0.717) is 0 Å². The molecule has 0 aliphatic heterocycles. The van der Waals surface area contributed by atoms with Gasteiger partial charge in [-0.25, -0.2) is 18.0 Å². The number of halogens is 6. The SMILES string of the molecule is O=C(N[C@@H](Cc1ccc(C(F)(F)F)cc1)C(=O)O)c1c(F)cc(F)cc1F. The summed E-state index contributed by atoms with van der Waals surface area (Å²) in [7, 11) is 0. The summed E-state index contributed by atoms with van der Waals surface area (Å²) in [5.74, 6) is -7.33. The lowest BCUT2D eigenvalue weighted by atomic mass is 10.0. The molecule has 27 heavy (non-hydrogen) atoms. The Kier molecular flexibility index (Phi) is 5.77. The zero-order chi connectivity index (χ0) is 20.4. The molecular weight excluding hydrogens is 380 g/mol.